The fraction of sp³-hybridized carbons (Fsp3) is 0.0714. The molecule has 5 nitrogen and oxygen atoms in total. The number of nitro benzene ring substituents is 1. The van der Waals surface area contributed by atoms with Crippen LogP contribution in [0.15, 0.2) is 52.4 Å². The Hall–Kier alpha value is -2.05. The van der Waals surface area contributed by atoms with Crippen molar-refractivity contribution in [2.24, 2.45) is 9.98 Å². The standard InChI is InChI=1S/C14H10IN3O2/c1-10-2-4-11(5-3-10)16-9-17-14-7-6-12(18(19)20)8-13(14)15/h2-8H,1H3. The molecule has 2 aromatic carbocycles. The van der Waals surface area contributed by atoms with E-state index in [1.165, 1.54) is 12.1 Å². The molecular weight excluding hydrogens is 369 g/mol. The topological polar surface area (TPSA) is 67.9 Å². The van der Waals surface area contributed by atoms with Gasteiger partial charge in [0.15, 0.2) is 0 Å². The predicted octanol–water partition coefficient (Wildman–Crippen LogP) is 4.64. The lowest BCUT2D eigenvalue weighted by Crippen LogP contribution is -1.87. The molecule has 0 heterocycles. The predicted molar refractivity (Wildman–Crippen MR) is 86.2 cm³/mol. The van der Waals surface area contributed by atoms with E-state index in [2.05, 4.69) is 16.0 Å². The molecule has 0 aliphatic heterocycles. The molecule has 0 saturated heterocycles. The van der Waals surface area contributed by atoms with Crippen LogP contribution in [0.4, 0.5) is 17.1 Å². The van der Waals surface area contributed by atoms with Crippen molar-refractivity contribution in [2.45, 2.75) is 6.92 Å². The van der Waals surface area contributed by atoms with E-state index in [1.54, 1.807) is 6.07 Å². The third-order valence-electron chi connectivity index (χ3n) is 2.53. The van der Waals surface area contributed by atoms with Gasteiger partial charge in [-0.3, -0.25) is 10.1 Å². The monoisotopic (exact) mass is 379 g/mol. The molecule has 0 aliphatic carbocycles. The van der Waals surface area contributed by atoms with Gasteiger partial charge >= 0.3 is 0 Å². The van der Waals surface area contributed by atoms with Crippen LogP contribution in [0.2, 0.25) is 0 Å². The number of nitrogens with zero attached hydrogens (tertiary/aromatic N) is 3. The lowest BCUT2D eigenvalue weighted by molar-refractivity contribution is -0.384. The summed E-state index contributed by atoms with van der Waals surface area (Å²) in [5.41, 5.74) is 2.57. The van der Waals surface area contributed by atoms with Gasteiger partial charge in [-0.25, -0.2) is 0 Å². The summed E-state index contributed by atoms with van der Waals surface area (Å²) in [5.74, 6) is 0. The second kappa shape index (κ2) is 6.40. The molecule has 2 rings (SSSR count). The summed E-state index contributed by atoms with van der Waals surface area (Å²) < 4.78 is 0.684. The van der Waals surface area contributed by atoms with Gasteiger partial charge in [0.25, 0.3) is 5.69 Å². The number of hydrogen-bond donors (Lipinski definition) is 0. The van der Waals surface area contributed by atoms with Crippen LogP contribution in [0.25, 0.3) is 0 Å². The van der Waals surface area contributed by atoms with Crippen molar-refractivity contribution >= 4 is 45.7 Å². The second-order valence-electron chi connectivity index (χ2n) is 4.05. The first-order valence-electron chi connectivity index (χ1n) is 5.73. The molecule has 0 aromatic heterocycles. The highest BCUT2D eigenvalue weighted by molar-refractivity contribution is 14.1. The van der Waals surface area contributed by atoms with Crippen LogP contribution in [0, 0.1) is 20.6 Å². The maximum absolute atomic E-state index is 10.6. The molecule has 0 N–H and O–H groups in total. The summed E-state index contributed by atoms with van der Waals surface area (Å²) in [4.78, 5) is 18.4. The molecule has 0 radical (unpaired) electrons. The van der Waals surface area contributed by atoms with E-state index in [-0.39, 0.29) is 5.69 Å². The lowest BCUT2D eigenvalue weighted by Gasteiger charge is -1.96. The van der Waals surface area contributed by atoms with Gasteiger partial charge in [-0.1, -0.05) is 17.7 Å². The van der Waals surface area contributed by atoms with E-state index in [0.29, 0.717) is 9.26 Å². The molecule has 0 aliphatic rings. The second-order valence-corrected chi connectivity index (χ2v) is 5.21. The summed E-state index contributed by atoms with van der Waals surface area (Å²) >= 11 is 2.00. The Kier molecular flexibility index (Phi) is 4.60. The molecule has 0 atom stereocenters. The highest BCUT2D eigenvalue weighted by Gasteiger charge is 2.07. The van der Waals surface area contributed by atoms with E-state index in [9.17, 15) is 10.1 Å². The highest BCUT2D eigenvalue weighted by Crippen LogP contribution is 2.25. The fourth-order valence-electron chi connectivity index (χ4n) is 1.46. The molecule has 0 saturated carbocycles. The number of halogens is 1. The van der Waals surface area contributed by atoms with E-state index < -0.39 is 4.92 Å². The molecule has 0 unspecified atom stereocenters. The minimum Gasteiger partial charge on any atom is -0.258 e. The number of nitro groups is 1. The van der Waals surface area contributed by atoms with Gasteiger partial charge in [-0.05, 0) is 47.7 Å². The van der Waals surface area contributed by atoms with Crippen LogP contribution in [-0.4, -0.2) is 10.9 Å². The SMILES string of the molecule is Cc1ccc(N=C=Nc2ccc([N+](=O)[O-])cc2I)cc1. The van der Waals surface area contributed by atoms with Gasteiger partial charge in [0.05, 0.1) is 16.3 Å². The normalized spacial score (nSPS) is 9.70. The van der Waals surface area contributed by atoms with Crippen LogP contribution >= 0.6 is 22.6 Å². The minimum atomic E-state index is -0.434. The molecule has 0 amide bonds. The van der Waals surface area contributed by atoms with Crippen molar-refractivity contribution in [1.29, 1.82) is 0 Å². The Bertz CT molecular complexity index is 705. The lowest BCUT2D eigenvalue weighted by atomic mass is 10.2. The van der Waals surface area contributed by atoms with Crippen molar-refractivity contribution in [1.82, 2.24) is 0 Å². The quantitative estimate of drug-likeness (QED) is 0.337. The first-order valence-corrected chi connectivity index (χ1v) is 6.81. The summed E-state index contributed by atoms with van der Waals surface area (Å²) in [6.07, 6.45) is 0. The molecular formula is C14H10IN3O2. The zero-order valence-electron chi connectivity index (χ0n) is 10.6. The van der Waals surface area contributed by atoms with Gasteiger partial charge in [-0.2, -0.15) is 9.98 Å². The van der Waals surface area contributed by atoms with Gasteiger partial charge in [0, 0.05) is 15.7 Å². The van der Waals surface area contributed by atoms with Crippen molar-refractivity contribution in [3.05, 3.63) is 61.7 Å². The van der Waals surface area contributed by atoms with E-state index in [4.69, 9.17) is 0 Å². The Morgan fingerprint density at radius 2 is 1.85 bits per heavy atom. The van der Waals surface area contributed by atoms with Crippen LogP contribution in [0.3, 0.4) is 0 Å². The van der Waals surface area contributed by atoms with Crippen molar-refractivity contribution in [3.8, 4) is 0 Å². The number of aliphatic imine (C=N–C) groups is 2. The van der Waals surface area contributed by atoms with Crippen LogP contribution in [0.1, 0.15) is 5.56 Å². The number of rotatable bonds is 3. The number of hydrogen-bond acceptors (Lipinski definition) is 4. The highest BCUT2D eigenvalue weighted by atomic mass is 127. The fourth-order valence-corrected chi connectivity index (χ4v) is 2.08. The molecule has 0 spiro atoms. The molecule has 2 aromatic rings. The summed E-state index contributed by atoms with van der Waals surface area (Å²) in [5, 5.41) is 10.6. The van der Waals surface area contributed by atoms with Gasteiger partial charge in [0.1, 0.15) is 6.01 Å². The van der Waals surface area contributed by atoms with E-state index >= 15 is 0 Å². The number of benzene rings is 2. The largest absolute Gasteiger partial charge is 0.270 e. The third kappa shape index (κ3) is 3.72. The average molecular weight is 379 g/mol. The zero-order valence-corrected chi connectivity index (χ0v) is 12.7. The first kappa shape index (κ1) is 14.4. The molecule has 0 fully saturated rings. The van der Waals surface area contributed by atoms with Gasteiger partial charge in [-0.15, -0.1) is 0 Å². The zero-order chi connectivity index (χ0) is 14.5. The maximum atomic E-state index is 10.6. The average Bonchev–Trinajstić information content (AvgIpc) is 2.42. The van der Waals surface area contributed by atoms with Gasteiger partial charge in [0.2, 0.25) is 0 Å². The maximum Gasteiger partial charge on any atom is 0.270 e. The minimum absolute atomic E-state index is 0.0452. The Labute approximate surface area is 129 Å². The summed E-state index contributed by atoms with van der Waals surface area (Å²) in [6.45, 7) is 2.00. The Balaban J connectivity index is 2.23. The Morgan fingerprint density at radius 3 is 2.45 bits per heavy atom. The van der Waals surface area contributed by atoms with E-state index in [1.807, 2.05) is 53.8 Å². The third-order valence-corrected chi connectivity index (χ3v) is 3.39. The smallest absolute Gasteiger partial charge is 0.258 e. The summed E-state index contributed by atoms with van der Waals surface area (Å²) in [7, 11) is 0. The summed E-state index contributed by atoms with van der Waals surface area (Å²) in [6, 6.07) is 14.7. The molecule has 20 heavy (non-hydrogen) atoms. The van der Waals surface area contributed by atoms with Crippen molar-refractivity contribution < 1.29 is 4.92 Å². The number of non-ortho nitro benzene ring substituents is 1. The molecule has 6 heteroatoms. The van der Waals surface area contributed by atoms with E-state index in [0.717, 1.165) is 11.3 Å². The number of aryl methyl sites for hydroxylation is 1. The van der Waals surface area contributed by atoms with Crippen molar-refractivity contribution in [3.63, 3.8) is 0 Å². The first-order chi connectivity index (χ1) is 9.56. The molecule has 0 bridgehead atoms. The van der Waals surface area contributed by atoms with Crippen LogP contribution in [-0.2, 0) is 0 Å². The van der Waals surface area contributed by atoms with Crippen LogP contribution < -0.4 is 0 Å². The molecule has 100 valence electrons. The van der Waals surface area contributed by atoms with Crippen LogP contribution in [0.5, 0.6) is 0 Å². The Morgan fingerprint density at radius 1 is 1.15 bits per heavy atom. The van der Waals surface area contributed by atoms with Crippen molar-refractivity contribution in [2.75, 3.05) is 0 Å². The van der Waals surface area contributed by atoms with Gasteiger partial charge < -0.3 is 0 Å².